The SMILES string of the molecule is CCCC1(CCC)c2ccccc2-c2ccc(/C(=N/O)c3cccc4ccccc34)cc21. The summed E-state index contributed by atoms with van der Waals surface area (Å²) >= 11 is 0. The van der Waals surface area contributed by atoms with Gasteiger partial charge in [-0.25, -0.2) is 0 Å². The second-order valence-electron chi connectivity index (χ2n) is 8.86. The molecular formula is C30H29NO. The van der Waals surface area contributed by atoms with Crippen molar-refractivity contribution in [2.75, 3.05) is 0 Å². The Labute approximate surface area is 190 Å². The van der Waals surface area contributed by atoms with Crippen LogP contribution in [0.4, 0.5) is 0 Å². The van der Waals surface area contributed by atoms with E-state index in [9.17, 15) is 5.21 Å². The Morgan fingerprint density at radius 1 is 0.750 bits per heavy atom. The predicted molar refractivity (Wildman–Crippen MR) is 134 cm³/mol. The van der Waals surface area contributed by atoms with Crippen molar-refractivity contribution in [1.29, 1.82) is 0 Å². The molecule has 1 aliphatic rings. The van der Waals surface area contributed by atoms with Gasteiger partial charge in [0.15, 0.2) is 0 Å². The van der Waals surface area contributed by atoms with Crippen LogP contribution in [0.3, 0.4) is 0 Å². The first-order chi connectivity index (χ1) is 15.7. The predicted octanol–water partition coefficient (Wildman–Crippen LogP) is 7.93. The van der Waals surface area contributed by atoms with Crippen molar-refractivity contribution in [2.24, 2.45) is 5.16 Å². The van der Waals surface area contributed by atoms with Crippen molar-refractivity contribution in [3.63, 3.8) is 0 Å². The molecule has 2 heteroatoms. The van der Waals surface area contributed by atoms with E-state index in [2.05, 4.69) is 79.7 Å². The molecule has 0 radical (unpaired) electrons. The molecule has 0 amide bonds. The molecule has 0 spiro atoms. The van der Waals surface area contributed by atoms with Crippen LogP contribution in [0.2, 0.25) is 0 Å². The third-order valence-electron chi connectivity index (χ3n) is 7.04. The van der Waals surface area contributed by atoms with Crippen molar-refractivity contribution in [3.8, 4) is 11.1 Å². The molecule has 1 N–H and O–H groups in total. The quantitative estimate of drug-likeness (QED) is 0.192. The van der Waals surface area contributed by atoms with Crippen LogP contribution < -0.4 is 0 Å². The number of fused-ring (bicyclic) bond motifs is 4. The summed E-state index contributed by atoms with van der Waals surface area (Å²) in [6, 6.07) is 30.0. The zero-order chi connectivity index (χ0) is 22.1. The van der Waals surface area contributed by atoms with E-state index in [0.717, 1.165) is 47.6 Å². The number of hydrogen-bond acceptors (Lipinski definition) is 2. The summed E-state index contributed by atoms with van der Waals surface area (Å²) in [5.41, 5.74) is 8.06. The van der Waals surface area contributed by atoms with Gasteiger partial charge in [0.05, 0.1) is 0 Å². The Kier molecular flexibility index (Phi) is 5.30. The fourth-order valence-corrected chi connectivity index (χ4v) is 5.82. The molecule has 160 valence electrons. The Bertz CT molecular complexity index is 1310. The van der Waals surface area contributed by atoms with E-state index in [4.69, 9.17) is 0 Å². The van der Waals surface area contributed by atoms with Gasteiger partial charge in [-0.15, -0.1) is 0 Å². The molecule has 1 aliphatic carbocycles. The molecule has 4 aromatic carbocycles. The maximum absolute atomic E-state index is 10.1. The summed E-state index contributed by atoms with van der Waals surface area (Å²) in [4.78, 5) is 0. The van der Waals surface area contributed by atoms with Crippen LogP contribution in [0.5, 0.6) is 0 Å². The van der Waals surface area contributed by atoms with E-state index in [-0.39, 0.29) is 5.41 Å². The Morgan fingerprint density at radius 3 is 2.22 bits per heavy atom. The van der Waals surface area contributed by atoms with Gasteiger partial charge in [0, 0.05) is 16.5 Å². The van der Waals surface area contributed by atoms with Crippen LogP contribution in [0, 0.1) is 0 Å². The van der Waals surface area contributed by atoms with Crippen molar-refractivity contribution < 1.29 is 5.21 Å². The lowest BCUT2D eigenvalue weighted by molar-refractivity contribution is 0.319. The van der Waals surface area contributed by atoms with Crippen molar-refractivity contribution in [2.45, 2.75) is 44.9 Å². The second kappa shape index (κ2) is 8.27. The molecule has 0 bridgehead atoms. The van der Waals surface area contributed by atoms with Gasteiger partial charge in [0.25, 0.3) is 0 Å². The minimum atomic E-state index is 0.0186. The fraction of sp³-hybridized carbons (Fsp3) is 0.233. The van der Waals surface area contributed by atoms with Gasteiger partial charge in [-0.1, -0.05) is 111 Å². The molecule has 0 saturated heterocycles. The van der Waals surface area contributed by atoms with Crippen molar-refractivity contribution in [3.05, 3.63) is 107 Å². The van der Waals surface area contributed by atoms with Crippen LogP contribution in [0.1, 0.15) is 61.8 Å². The van der Waals surface area contributed by atoms with Crippen LogP contribution in [-0.4, -0.2) is 10.9 Å². The lowest BCUT2D eigenvalue weighted by Gasteiger charge is -2.32. The standard InChI is InChI=1S/C30H29NO/c1-3-18-30(19-4-2)27-15-8-7-13-24(27)25-17-16-22(20-28(25)30)29(31-32)26-14-9-11-21-10-5-6-12-23(21)26/h5-17,20,32H,3-4,18-19H2,1-2H3/b31-29-. The smallest absolute Gasteiger partial charge is 0.117 e. The first-order valence-corrected chi connectivity index (χ1v) is 11.7. The van der Waals surface area contributed by atoms with Crippen LogP contribution in [0.15, 0.2) is 90.1 Å². The van der Waals surface area contributed by atoms with Gasteiger partial charge < -0.3 is 5.21 Å². The zero-order valence-corrected chi connectivity index (χ0v) is 18.8. The lowest BCUT2D eigenvalue weighted by Crippen LogP contribution is -2.25. The molecule has 0 saturated carbocycles. The monoisotopic (exact) mass is 419 g/mol. The maximum Gasteiger partial charge on any atom is 0.117 e. The van der Waals surface area contributed by atoms with Gasteiger partial charge in [0.1, 0.15) is 5.71 Å². The molecular weight excluding hydrogens is 390 g/mol. The number of benzene rings is 4. The van der Waals surface area contributed by atoms with Crippen LogP contribution >= 0.6 is 0 Å². The van der Waals surface area contributed by atoms with E-state index in [1.165, 1.54) is 22.3 Å². The highest BCUT2D eigenvalue weighted by atomic mass is 16.4. The summed E-state index contributed by atoms with van der Waals surface area (Å²) in [6.45, 7) is 4.55. The minimum Gasteiger partial charge on any atom is -0.410 e. The molecule has 5 rings (SSSR count). The molecule has 0 aromatic heterocycles. The van der Waals surface area contributed by atoms with Gasteiger partial charge in [0.2, 0.25) is 0 Å². The molecule has 0 atom stereocenters. The molecule has 32 heavy (non-hydrogen) atoms. The Balaban J connectivity index is 1.72. The zero-order valence-electron chi connectivity index (χ0n) is 18.8. The normalized spacial score (nSPS) is 14.4. The average molecular weight is 420 g/mol. The van der Waals surface area contributed by atoms with Gasteiger partial charge >= 0.3 is 0 Å². The summed E-state index contributed by atoms with van der Waals surface area (Å²) in [7, 11) is 0. The third-order valence-corrected chi connectivity index (χ3v) is 7.04. The molecule has 0 heterocycles. The summed E-state index contributed by atoms with van der Waals surface area (Å²) in [5, 5.41) is 16.2. The first kappa shape index (κ1) is 20.5. The van der Waals surface area contributed by atoms with E-state index in [1.54, 1.807) is 0 Å². The lowest BCUT2D eigenvalue weighted by atomic mass is 9.71. The number of oxime groups is 1. The van der Waals surface area contributed by atoms with E-state index < -0.39 is 0 Å². The summed E-state index contributed by atoms with van der Waals surface area (Å²) < 4.78 is 0. The van der Waals surface area contributed by atoms with Gasteiger partial charge in [-0.2, -0.15) is 0 Å². The highest BCUT2D eigenvalue weighted by molar-refractivity contribution is 6.19. The Morgan fingerprint density at radius 2 is 1.44 bits per heavy atom. The highest BCUT2D eigenvalue weighted by Gasteiger charge is 2.41. The average Bonchev–Trinajstić information content (AvgIpc) is 3.10. The molecule has 2 nitrogen and oxygen atoms in total. The number of hydrogen-bond donors (Lipinski definition) is 1. The van der Waals surface area contributed by atoms with Crippen LogP contribution in [-0.2, 0) is 5.41 Å². The molecule has 4 aromatic rings. The Hall–Kier alpha value is -3.39. The fourth-order valence-electron chi connectivity index (χ4n) is 5.82. The van der Waals surface area contributed by atoms with E-state index >= 15 is 0 Å². The number of rotatable bonds is 6. The third kappa shape index (κ3) is 3.05. The largest absolute Gasteiger partial charge is 0.410 e. The van der Waals surface area contributed by atoms with Crippen LogP contribution in [0.25, 0.3) is 21.9 Å². The van der Waals surface area contributed by atoms with Gasteiger partial charge in [-0.3, -0.25) is 0 Å². The molecule has 0 fully saturated rings. The maximum atomic E-state index is 10.1. The summed E-state index contributed by atoms with van der Waals surface area (Å²) in [5.74, 6) is 0. The summed E-state index contributed by atoms with van der Waals surface area (Å²) in [6.07, 6.45) is 4.49. The molecule has 0 aliphatic heterocycles. The molecule has 0 unspecified atom stereocenters. The van der Waals surface area contributed by atoms with Crippen molar-refractivity contribution in [1.82, 2.24) is 0 Å². The second-order valence-corrected chi connectivity index (χ2v) is 8.86. The van der Waals surface area contributed by atoms with Gasteiger partial charge in [-0.05, 0) is 51.9 Å². The highest BCUT2D eigenvalue weighted by Crippen LogP contribution is 2.54. The topological polar surface area (TPSA) is 32.6 Å². The minimum absolute atomic E-state index is 0.0186. The van der Waals surface area contributed by atoms with E-state index in [1.807, 2.05) is 24.3 Å². The van der Waals surface area contributed by atoms with E-state index in [0.29, 0.717) is 5.71 Å². The number of nitrogens with zero attached hydrogens (tertiary/aromatic N) is 1. The first-order valence-electron chi connectivity index (χ1n) is 11.7. The van der Waals surface area contributed by atoms with Crippen molar-refractivity contribution >= 4 is 16.5 Å².